The molecule has 0 bridgehead atoms. The molecule has 0 saturated carbocycles. The summed E-state index contributed by atoms with van der Waals surface area (Å²) in [5.41, 5.74) is 3.79. The molecule has 4 nitrogen and oxygen atoms in total. The number of oxazole rings is 1. The van der Waals surface area contributed by atoms with Crippen LogP contribution in [0.25, 0.3) is 22.6 Å². The van der Waals surface area contributed by atoms with Gasteiger partial charge in [-0.15, -0.1) is 0 Å². The van der Waals surface area contributed by atoms with Crippen LogP contribution in [0.15, 0.2) is 101 Å². The van der Waals surface area contributed by atoms with Crippen LogP contribution in [0.5, 0.6) is 0 Å². The fraction of sp³-hybridized carbons (Fsp3) is 0.120. The van der Waals surface area contributed by atoms with E-state index < -0.39 is 0 Å². The Balaban J connectivity index is 1.49. The minimum Gasteiger partial charge on any atom is -0.431 e. The maximum Gasteiger partial charge on any atom is 0.257 e. The zero-order valence-electron chi connectivity index (χ0n) is 16.6. The van der Waals surface area contributed by atoms with Crippen molar-refractivity contribution < 1.29 is 9.21 Å². The molecule has 1 heterocycles. The van der Waals surface area contributed by atoms with Crippen molar-refractivity contribution in [1.29, 1.82) is 0 Å². The van der Waals surface area contributed by atoms with E-state index in [0.717, 1.165) is 22.4 Å². The first-order valence-electron chi connectivity index (χ1n) is 9.79. The molecule has 1 unspecified atom stereocenters. The Labute approximate surface area is 180 Å². The summed E-state index contributed by atoms with van der Waals surface area (Å²) in [4.78, 5) is 17.1. The van der Waals surface area contributed by atoms with Gasteiger partial charge in [-0.1, -0.05) is 103 Å². The van der Waals surface area contributed by atoms with Crippen molar-refractivity contribution in [2.24, 2.45) is 0 Å². The fourth-order valence-corrected chi connectivity index (χ4v) is 3.81. The quantitative estimate of drug-likeness (QED) is 0.378. The molecular weight excluding hydrogens is 392 g/mol. The second-order valence-corrected chi connectivity index (χ2v) is 7.80. The second kappa shape index (κ2) is 9.46. The van der Waals surface area contributed by atoms with Crippen molar-refractivity contribution in [3.8, 4) is 22.6 Å². The average molecular weight is 415 g/mol. The minimum atomic E-state index is -0.0583. The lowest BCUT2D eigenvalue weighted by Gasteiger charge is -2.13. The highest BCUT2D eigenvalue weighted by Gasteiger charge is 2.18. The molecule has 4 rings (SSSR count). The molecule has 3 aromatic carbocycles. The van der Waals surface area contributed by atoms with E-state index in [9.17, 15) is 4.79 Å². The van der Waals surface area contributed by atoms with E-state index in [1.807, 2.05) is 97.9 Å². The molecule has 0 saturated heterocycles. The molecule has 0 aliphatic carbocycles. The number of nitrogens with zero attached hydrogens (tertiary/aromatic N) is 1. The predicted octanol–water partition coefficient (Wildman–Crippen LogP) is 5.98. The number of carbonyl (C=O) groups excluding carboxylic acids is 1. The van der Waals surface area contributed by atoms with Crippen LogP contribution >= 0.6 is 11.8 Å². The molecule has 0 radical (unpaired) electrons. The van der Waals surface area contributed by atoms with Gasteiger partial charge in [-0.05, 0) is 12.5 Å². The number of carbonyl (C=O) groups is 1. The summed E-state index contributed by atoms with van der Waals surface area (Å²) < 4.78 is 6.07. The molecule has 0 aliphatic rings. The van der Waals surface area contributed by atoms with Crippen molar-refractivity contribution >= 4 is 17.7 Å². The molecule has 0 fully saturated rings. The maximum absolute atomic E-state index is 12.4. The zero-order valence-corrected chi connectivity index (χ0v) is 17.4. The van der Waals surface area contributed by atoms with Gasteiger partial charge in [0.15, 0.2) is 5.76 Å². The van der Waals surface area contributed by atoms with Gasteiger partial charge in [0.1, 0.15) is 5.69 Å². The summed E-state index contributed by atoms with van der Waals surface area (Å²) in [6.07, 6.45) is 0. The SMILES string of the molecule is CC(NC(=O)CSc1nc(-c2ccccc2)c(-c2ccccc2)o1)c1ccccc1. The van der Waals surface area contributed by atoms with Gasteiger partial charge in [-0.2, -0.15) is 0 Å². The summed E-state index contributed by atoms with van der Waals surface area (Å²) in [7, 11) is 0. The van der Waals surface area contributed by atoms with Gasteiger partial charge in [0.2, 0.25) is 5.91 Å². The number of amides is 1. The third-order valence-electron chi connectivity index (χ3n) is 4.69. The molecule has 1 N–H and O–H groups in total. The van der Waals surface area contributed by atoms with E-state index in [1.165, 1.54) is 11.8 Å². The normalized spacial score (nSPS) is 11.8. The lowest BCUT2D eigenvalue weighted by molar-refractivity contribution is -0.119. The van der Waals surface area contributed by atoms with Crippen molar-refractivity contribution in [2.75, 3.05) is 5.75 Å². The number of hydrogen-bond acceptors (Lipinski definition) is 4. The van der Waals surface area contributed by atoms with Gasteiger partial charge < -0.3 is 9.73 Å². The smallest absolute Gasteiger partial charge is 0.257 e. The minimum absolute atomic E-state index is 0.0522. The highest BCUT2D eigenvalue weighted by atomic mass is 32.2. The molecule has 1 amide bonds. The van der Waals surface area contributed by atoms with Crippen LogP contribution in [0.4, 0.5) is 0 Å². The molecule has 1 atom stereocenters. The van der Waals surface area contributed by atoms with Gasteiger partial charge in [0.05, 0.1) is 11.8 Å². The third-order valence-corrected chi connectivity index (χ3v) is 5.52. The Kier molecular flexibility index (Phi) is 6.30. The number of hydrogen-bond donors (Lipinski definition) is 1. The molecule has 5 heteroatoms. The average Bonchev–Trinajstić information content (AvgIpc) is 3.24. The largest absolute Gasteiger partial charge is 0.431 e. The molecule has 4 aromatic rings. The summed E-state index contributed by atoms with van der Waals surface area (Å²) in [6.45, 7) is 1.98. The Morgan fingerprint density at radius 2 is 1.47 bits per heavy atom. The third kappa shape index (κ3) is 4.81. The number of rotatable bonds is 7. The van der Waals surface area contributed by atoms with Gasteiger partial charge in [0, 0.05) is 11.1 Å². The predicted molar refractivity (Wildman–Crippen MR) is 121 cm³/mol. The van der Waals surface area contributed by atoms with E-state index in [4.69, 9.17) is 4.42 Å². The second-order valence-electron chi connectivity index (χ2n) is 6.88. The fourth-order valence-electron chi connectivity index (χ4n) is 3.17. The van der Waals surface area contributed by atoms with Crippen LogP contribution in [-0.2, 0) is 4.79 Å². The Morgan fingerprint density at radius 3 is 2.10 bits per heavy atom. The highest BCUT2D eigenvalue weighted by Crippen LogP contribution is 2.35. The first kappa shape index (κ1) is 20.0. The van der Waals surface area contributed by atoms with E-state index in [2.05, 4.69) is 10.3 Å². The molecule has 30 heavy (non-hydrogen) atoms. The van der Waals surface area contributed by atoms with Crippen molar-refractivity contribution in [3.63, 3.8) is 0 Å². The van der Waals surface area contributed by atoms with E-state index in [0.29, 0.717) is 11.0 Å². The first-order chi connectivity index (χ1) is 14.7. The van der Waals surface area contributed by atoms with Crippen LogP contribution in [0, 0.1) is 0 Å². The van der Waals surface area contributed by atoms with Crippen LogP contribution in [0.3, 0.4) is 0 Å². The number of benzene rings is 3. The van der Waals surface area contributed by atoms with Crippen LogP contribution < -0.4 is 5.32 Å². The molecule has 150 valence electrons. The lowest BCUT2D eigenvalue weighted by atomic mass is 10.1. The van der Waals surface area contributed by atoms with Gasteiger partial charge in [-0.25, -0.2) is 4.98 Å². The van der Waals surface area contributed by atoms with Gasteiger partial charge in [-0.3, -0.25) is 4.79 Å². The van der Waals surface area contributed by atoms with Crippen LogP contribution in [-0.4, -0.2) is 16.6 Å². The maximum atomic E-state index is 12.4. The van der Waals surface area contributed by atoms with Crippen LogP contribution in [0.1, 0.15) is 18.5 Å². The van der Waals surface area contributed by atoms with E-state index in [-0.39, 0.29) is 17.7 Å². The highest BCUT2D eigenvalue weighted by molar-refractivity contribution is 7.99. The molecule has 1 aromatic heterocycles. The van der Waals surface area contributed by atoms with Crippen molar-refractivity contribution in [3.05, 3.63) is 96.6 Å². The van der Waals surface area contributed by atoms with Crippen molar-refractivity contribution in [1.82, 2.24) is 10.3 Å². The van der Waals surface area contributed by atoms with Gasteiger partial charge in [0.25, 0.3) is 5.22 Å². The number of nitrogens with one attached hydrogen (secondary N) is 1. The van der Waals surface area contributed by atoms with E-state index in [1.54, 1.807) is 0 Å². The van der Waals surface area contributed by atoms with Crippen molar-refractivity contribution in [2.45, 2.75) is 18.2 Å². The van der Waals surface area contributed by atoms with Gasteiger partial charge >= 0.3 is 0 Å². The summed E-state index contributed by atoms with van der Waals surface area (Å²) >= 11 is 1.30. The molecular formula is C25H22N2O2S. The zero-order chi connectivity index (χ0) is 20.8. The van der Waals surface area contributed by atoms with E-state index >= 15 is 0 Å². The summed E-state index contributed by atoms with van der Waals surface area (Å²) in [6, 6.07) is 29.7. The Bertz CT molecular complexity index is 1040. The number of thioether (sulfide) groups is 1. The van der Waals surface area contributed by atoms with Crippen LogP contribution in [0.2, 0.25) is 0 Å². The molecule has 0 aliphatic heterocycles. The standard InChI is InChI=1S/C25H22N2O2S/c1-18(19-11-5-2-6-12-19)26-22(28)17-30-25-27-23(20-13-7-3-8-14-20)24(29-25)21-15-9-4-10-16-21/h2-16,18H,17H2,1H3,(H,26,28). The monoisotopic (exact) mass is 414 g/mol. The number of aromatic nitrogens is 1. The Morgan fingerprint density at radius 1 is 0.900 bits per heavy atom. The Hall–Kier alpha value is -3.31. The first-order valence-corrected chi connectivity index (χ1v) is 10.8. The summed E-state index contributed by atoms with van der Waals surface area (Å²) in [5.74, 6) is 0.889. The molecule has 0 spiro atoms. The summed E-state index contributed by atoms with van der Waals surface area (Å²) in [5, 5.41) is 3.50. The topological polar surface area (TPSA) is 55.1 Å². The lowest BCUT2D eigenvalue weighted by Crippen LogP contribution is -2.28.